The smallest absolute Gasteiger partial charge is 0.343 e. The molecular weight excluding hydrogens is 638 g/mol. The highest BCUT2D eigenvalue weighted by molar-refractivity contribution is 9.12. The zero-order valence-corrected chi connectivity index (χ0v) is 24.2. The highest BCUT2D eigenvalue weighted by Gasteiger charge is 2.67. The summed E-state index contributed by atoms with van der Waals surface area (Å²) in [5.41, 5.74) is 0.545. The molecule has 5 rings (SSSR count). The molecule has 1 aliphatic heterocycles. The average Bonchev–Trinajstić information content (AvgIpc) is 3.56. The number of benzene rings is 2. The number of imide groups is 1. The lowest BCUT2D eigenvalue weighted by atomic mass is 9.81. The lowest BCUT2D eigenvalue weighted by Gasteiger charge is -2.28. The van der Waals surface area contributed by atoms with Crippen LogP contribution in [0.2, 0.25) is 0 Å². The van der Waals surface area contributed by atoms with Gasteiger partial charge in [-0.05, 0) is 67.6 Å². The Morgan fingerprint density at radius 2 is 1.54 bits per heavy atom. The van der Waals surface area contributed by atoms with Crippen LogP contribution < -0.4 is 9.47 Å². The molecule has 1 heterocycles. The van der Waals surface area contributed by atoms with Crippen LogP contribution in [0, 0.1) is 23.7 Å². The van der Waals surface area contributed by atoms with Crippen LogP contribution in [-0.4, -0.2) is 63.8 Å². The van der Waals surface area contributed by atoms with E-state index in [-0.39, 0.29) is 44.6 Å². The van der Waals surface area contributed by atoms with Crippen molar-refractivity contribution in [3.05, 3.63) is 59.7 Å². The fourth-order valence-electron chi connectivity index (χ4n) is 5.82. The Morgan fingerprint density at radius 3 is 2.13 bits per heavy atom. The van der Waals surface area contributed by atoms with Gasteiger partial charge in [0.2, 0.25) is 11.8 Å². The predicted octanol–water partition coefficient (Wildman–Crippen LogP) is 3.81. The molecule has 0 spiro atoms. The SMILES string of the molecule is COc1cccc(C(=O)Oc2ccc(C(=O)COC(=O)C(C)N3C(=O)C4C5CC(C(Br)C5Br)C4C3=O)cc2)c1. The number of hydrogen-bond donors (Lipinski definition) is 0. The van der Waals surface area contributed by atoms with Crippen molar-refractivity contribution < 1.29 is 38.2 Å². The summed E-state index contributed by atoms with van der Waals surface area (Å²) < 4.78 is 15.6. The van der Waals surface area contributed by atoms with Crippen LogP contribution >= 0.6 is 31.9 Å². The van der Waals surface area contributed by atoms with Crippen molar-refractivity contribution in [3.8, 4) is 11.5 Å². The maximum absolute atomic E-state index is 13.1. The first-order valence-corrected chi connectivity index (χ1v) is 14.3. The van der Waals surface area contributed by atoms with Gasteiger partial charge in [-0.3, -0.25) is 19.3 Å². The summed E-state index contributed by atoms with van der Waals surface area (Å²) in [4.78, 5) is 65.2. The number of ether oxygens (including phenoxy) is 3. The van der Waals surface area contributed by atoms with E-state index < -0.39 is 42.2 Å². The summed E-state index contributed by atoms with van der Waals surface area (Å²) in [7, 11) is 1.49. The van der Waals surface area contributed by atoms with Crippen molar-refractivity contribution >= 4 is 61.4 Å². The van der Waals surface area contributed by atoms with Gasteiger partial charge >= 0.3 is 11.9 Å². The highest BCUT2D eigenvalue weighted by Crippen LogP contribution is 2.60. The van der Waals surface area contributed by atoms with Gasteiger partial charge in [0.05, 0.1) is 24.5 Å². The largest absolute Gasteiger partial charge is 0.497 e. The monoisotopic (exact) mass is 661 g/mol. The minimum absolute atomic E-state index is 0.0355. The van der Waals surface area contributed by atoms with Crippen LogP contribution in [0.5, 0.6) is 11.5 Å². The number of carbonyl (C=O) groups excluding carboxylic acids is 5. The van der Waals surface area contributed by atoms with Crippen molar-refractivity contribution in [1.29, 1.82) is 0 Å². The van der Waals surface area contributed by atoms with Crippen LogP contribution in [0.3, 0.4) is 0 Å². The van der Waals surface area contributed by atoms with E-state index in [1.165, 1.54) is 38.3 Å². The van der Waals surface area contributed by atoms with E-state index in [4.69, 9.17) is 14.2 Å². The average molecular weight is 663 g/mol. The van der Waals surface area contributed by atoms with E-state index in [0.717, 1.165) is 11.3 Å². The lowest BCUT2D eigenvalue weighted by Crippen LogP contribution is -2.45. The first kappa shape index (κ1) is 27.5. The third-order valence-corrected chi connectivity index (χ3v) is 11.0. The summed E-state index contributed by atoms with van der Waals surface area (Å²) in [5, 5.41) is 0. The molecule has 39 heavy (non-hydrogen) atoms. The van der Waals surface area contributed by atoms with Gasteiger partial charge < -0.3 is 14.2 Å². The van der Waals surface area contributed by atoms with Gasteiger partial charge in [0, 0.05) is 15.2 Å². The molecule has 204 valence electrons. The van der Waals surface area contributed by atoms with E-state index in [9.17, 15) is 24.0 Å². The normalized spacial score (nSPS) is 27.7. The Morgan fingerprint density at radius 1 is 0.923 bits per heavy atom. The van der Waals surface area contributed by atoms with Crippen LogP contribution in [0.25, 0.3) is 0 Å². The van der Waals surface area contributed by atoms with Gasteiger partial charge in [0.1, 0.15) is 17.5 Å². The molecule has 1 saturated heterocycles. The topological polar surface area (TPSA) is 116 Å². The van der Waals surface area contributed by atoms with Gasteiger partial charge in [-0.15, -0.1) is 0 Å². The van der Waals surface area contributed by atoms with Crippen molar-refractivity contribution in [2.75, 3.05) is 13.7 Å². The van der Waals surface area contributed by atoms with Crippen molar-refractivity contribution in [1.82, 2.24) is 4.90 Å². The van der Waals surface area contributed by atoms with Crippen molar-refractivity contribution in [2.24, 2.45) is 23.7 Å². The molecule has 2 amide bonds. The van der Waals surface area contributed by atoms with E-state index >= 15 is 0 Å². The molecule has 3 aliphatic rings. The zero-order valence-electron chi connectivity index (χ0n) is 21.0. The Bertz CT molecular complexity index is 1310. The van der Waals surface area contributed by atoms with Gasteiger partial charge in [0.15, 0.2) is 12.4 Å². The standard InChI is InChI=1S/C28H25Br2NO8/c1-13(31-25(33)21-18-11-19(22(21)26(31)34)24(30)23(18)29)27(35)38-12-20(32)14-6-8-16(9-7-14)39-28(36)15-4-3-5-17(10-15)37-2/h3-10,13,18-19,21-24H,11-12H2,1-2H3. The Balaban J connectivity index is 1.16. The minimum atomic E-state index is -1.14. The predicted molar refractivity (Wildman–Crippen MR) is 145 cm³/mol. The first-order valence-electron chi connectivity index (χ1n) is 12.4. The highest BCUT2D eigenvalue weighted by atomic mass is 79.9. The van der Waals surface area contributed by atoms with Gasteiger partial charge in [-0.1, -0.05) is 37.9 Å². The second-order valence-electron chi connectivity index (χ2n) is 9.90. The Kier molecular flexibility index (Phi) is 7.65. The molecule has 0 N–H and O–H groups in total. The van der Waals surface area contributed by atoms with E-state index in [0.29, 0.717) is 11.3 Å². The third-order valence-electron chi connectivity index (χ3n) is 7.79. The molecule has 2 aromatic carbocycles. The molecular formula is C28H25Br2NO8. The molecule has 11 heteroatoms. The lowest BCUT2D eigenvalue weighted by molar-refractivity contribution is -0.157. The molecule has 7 unspecified atom stereocenters. The molecule has 2 bridgehead atoms. The zero-order chi connectivity index (χ0) is 28.0. The quantitative estimate of drug-likeness (QED) is 0.138. The third kappa shape index (κ3) is 4.91. The number of rotatable bonds is 8. The molecule has 0 aromatic heterocycles. The molecule has 9 nitrogen and oxygen atoms in total. The van der Waals surface area contributed by atoms with Crippen molar-refractivity contribution in [2.45, 2.75) is 29.0 Å². The number of amides is 2. The molecule has 7 atom stereocenters. The second-order valence-corrected chi connectivity index (χ2v) is 12.0. The fraction of sp³-hybridized carbons (Fsp3) is 0.393. The number of methoxy groups -OCH3 is 1. The molecule has 2 aromatic rings. The van der Waals surface area contributed by atoms with Gasteiger partial charge in [-0.25, -0.2) is 9.59 Å². The molecule has 0 radical (unpaired) electrons. The number of alkyl halides is 2. The Labute approximate surface area is 241 Å². The van der Waals surface area contributed by atoms with E-state index in [1.54, 1.807) is 24.3 Å². The summed E-state index contributed by atoms with van der Waals surface area (Å²) in [6.07, 6.45) is 0.790. The van der Waals surface area contributed by atoms with Crippen molar-refractivity contribution in [3.63, 3.8) is 0 Å². The van der Waals surface area contributed by atoms with Crippen LogP contribution in [0.1, 0.15) is 34.1 Å². The fourth-order valence-corrected chi connectivity index (χ4v) is 7.70. The Hall–Kier alpha value is -3.05. The number of nitrogens with zero attached hydrogens (tertiary/aromatic N) is 1. The van der Waals surface area contributed by atoms with Crippen LogP contribution in [0.15, 0.2) is 48.5 Å². The summed E-state index contributed by atoms with van der Waals surface area (Å²) in [6, 6.07) is 11.2. The molecule has 3 fully saturated rings. The molecule has 2 saturated carbocycles. The number of carbonyl (C=O) groups is 5. The summed E-state index contributed by atoms with van der Waals surface area (Å²) in [5.74, 6) is -2.66. The number of ketones is 1. The maximum Gasteiger partial charge on any atom is 0.343 e. The van der Waals surface area contributed by atoms with Gasteiger partial charge in [0.25, 0.3) is 0 Å². The van der Waals surface area contributed by atoms with Crippen LogP contribution in [0.4, 0.5) is 0 Å². The summed E-state index contributed by atoms with van der Waals surface area (Å²) >= 11 is 7.28. The number of hydrogen-bond acceptors (Lipinski definition) is 8. The minimum Gasteiger partial charge on any atom is -0.497 e. The first-order chi connectivity index (χ1) is 18.6. The number of esters is 2. The second kappa shape index (κ2) is 10.8. The maximum atomic E-state index is 13.1. The van der Waals surface area contributed by atoms with E-state index in [2.05, 4.69) is 31.9 Å². The molecule has 2 aliphatic carbocycles. The number of fused-ring (bicyclic) bond motifs is 5. The number of likely N-dealkylation sites (tertiary alicyclic amines) is 1. The van der Waals surface area contributed by atoms with E-state index in [1.807, 2.05) is 0 Å². The summed E-state index contributed by atoms with van der Waals surface area (Å²) in [6.45, 7) is 0.877. The van der Waals surface area contributed by atoms with Gasteiger partial charge in [-0.2, -0.15) is 0 Å². The number of Topliss-reactive ketones (excluding diaryl/α,β-unsaturated/α-hetero) is 1. The van der Waals surface area contributed by atoms with Crippen LogP contribution in [-0.2, 0) is 19.1 Å². The number of halogens is 2.